The second kappa shape index (κ2) is 10.3. The maximum Gasteiger partial charge on any atom is 0.152 e. The molecule has 0 N–H and O–H groups in total. The molecule has 7 heteroatoms. The van der Waals surface area contributed by atoms with E-state index < -0.39 is 0 Å². The number of aryl methyl sites for hydroxylation is 1. The zero-order valence-electron chi connectivity index (χ0n) is 20.9. The van der Waals surface area contributed by atoms with Crippen LogP contribution in [0.2, 0.25) is 0 Å². The average molecular weight is 497 g/mol. The predicted molar refractivity (Wildman–Crippen MR) is 142 cm³/mol. The Morgan fingerprint density at radius 1 is 1.00 bits per heavy atom. The van der Waals surface area contributed by atoms with Crippen molar-refractivity contribution in [2.75, 3.05) is 13.7 Å². The minimum atomic E-state index is -0.260. The van der Waals surface area contributed by atoms with E-state index in [2.05, 4.69) is 9.55 Å². The first-order valence-electron chi connectivity index (χ1n) is 12.8. The molecule has 6 nitrogen and oxygen atoms in total. The van der Waals surface area contributed by atoms with Gasteiger partial charge in [0.15, 0.2) is 5.82 Å². The number of aromatic nitrogens is 3. The van der Waals surface area contributed by atoms with Crippen LogP contribution in [-0.4, -0.2) is 34.0 Å². The number of imidazole rings is 1. The second-order valence-corrected chi connectivity index (χ2v) is 9.59. The van der Waals surface area contributed by atoms with Crippen molar-refractivity contribution in [2.24, 2.45) is 4.99 Å². The Kier molecular flexibility index (Phi) is 6.53. The number of halogens is 1. The average Bonchev–Trinajstić information content (AvgIpc) is 3.47. The minimum Gasteiger partial charge on any atom is -0.497 e. The standard InChI is InChI=1S/C30H29FN4O2/c1-36-26-12-5-20(6-13-26)18-37-19-25-11-14-28-34-29(21-7-9-23(31)10-8-21)30(35(25)28)22-15-16-32-27(17-22)33-24-3-2-4-24/h5-10,12-13,15-17,25H,2-4,11,14,18-19H2,1H3. The summed E-state index contributed by atoms with van der Waals surface area (Å²) < 4.78 is 27.5. The van der Waals surface area contributed by atoms with Crippen LogP contribution in [0.3, 0.4) is 0 Å². The summed E-state index contributed by atoms with van der Waals surface area (Å²) in [6.07, 6.45) is 6.92. The monoisotopic (exact) mass is 496 g/mol. The van der Waals surface area contributed by atoms with Crippen LogP contribution in [0.15, 0.2) is 71.9 Å². The summed E-state index contributed by atoms with van der Waals surface area (Å²) in [6.45, 7) is 1.10. The number of ether oxygens (including phenoxy) is 2. The molecule has 1 fully saturated rings. The lowest BCUT2D eigenvalue weighted by Crippen LogP contribution is -2.13. The maximum atomic E-state index is 13.7. The largest absolute Gasteiger partial charge is 0.497 e. The summed E-state index contributed by atoms with van der Waals surface area (Å²) >= 11 is 0. The molecule has 1 saturated carbocycles. The number of aliphatic imine (C=N–C) groups is 1. The lowest BCUT2D eigenvalue weighted by atomic mass is 9.97. The third kappa shape index (κ3) is 4.91. The predicted octanol–water partition coefficient (Wildman–Crippen LogP) is 6.72. The molecule has 2 aromatic carbocycles. The van der Waals surface area contributed by atoms with Gasteiger partial charge in [0.25, 0.3) is 0 Å². The zero-order chi connectivity index (χ0) is 25.2. The fourth-order valence-corrected chi connectivity index (χ4v) is 4.99. The number of fused-ring (bicyclic) bond motifs is 1. The van der Waals surface area contributed by atoms with Gasteiger partial charge in [0.05, 0.1) is 37.8 Å². The molecule has 1 unspecified atom stereocenters. The van der Waals surface area contributed by atoms with Crippen molar-refractivity contribution in [2.45, 2.75) is 44.8 Å². The van der Waals surface area contributed by atoms with E-state index in [-0.39, 0.29) is 11.9 Å². The molecule has 1 aliphatic carbocycles. The summed E-state index contributed by atoms with van der Waals surface area (Å²) in [7, 11) is 1.66. The van der Waals surface area contributed by atoms with E-state index in [9.17, 15) is 4.39 Å². The zero-order valence-corrected chi connectivity index (χ0v) is 20.9. The van der Waals surface area contributed by atoms with Crippen LogP contribution < -0.4 is 4.74 Å². The Morgan fingerprint density at radius 3 is 2.54 bits per heavy atom. The number of hydrogen-bond acceptors (Lipinski definition) is 5. The molecular formula is C30H29FN4O2. The maximum absolute atomic E-state index is 13.7. The van der Waals surface area contributed by atoms with Gasteiger partial charge in [-0.15, -0.1) is 0 Å². The van der Waals surface area contributed by atoms with Gasteiger partial charge in [0.2, 0.25) is 0 Å². The van der Waals surface area contributed by atoms with Crippen LogP contribution in [0, 0.1) is 5.82 Å². The van der Waals surface area contributed by atoms with Gasteiger partial charge >= 0.3 is 0 Å². The fraction of sp³-hybridized carbons (Fsp3) is 0.300. The number of hydrogen-bond donors (Lipinski definition) is 0. The smallest absolute Gasteiger partial charge is 0.152 e. The van der Waals surface area contributed by atoms with E-state index in [0.29, 0.717) is 13.2 Å². The van der Waals surface area contributed by atoms with Gasteiger partial charge in [0.1, 0.15) is 17.4 Å². The molecule has 2 aliphatic rings. The Hall–Kier alpha value is -3.84. The third-order valence-electron chi connectivity index (χ3n) is 7.13. The summed E-state index contributed by atoms with van der Waals surface area (Å²) in [5.41, 5.74) is 6.06. The van der Waals surface area contributed by atoms with E-state index in [4.69, 9.17) is 19.5 Å². The topological polar surface area (TPSA) is 61.5 Å². The van der Waals surface area contributed by atoms with Crippen LogP contribution >= 0.6 is 0 Å². The fourth-order valence-electron chi connectivity index (χ4n) is 4.99. The first-order valence-corrected chi connectivity index (χ1v) is 12.8. The van der Waals surface area contributed by atoms with Gasteiger partial charge in [0, 0.05) is 29.5 Å². The summed E-state index contributed by atoms with van der Waals surface area (Å²) in [4.78, 5) is 14.3. The molecule has 3 heterocycles. The molecule has 37 heavy (non-hydrogen) atoms. The first-order chi connectivity index (χ1) is 18.2. The molecule has 0 radical (unpaired) electrons. The minimum absolute atomic E-state index is 0.152. The lowest BCUT2D eigenvalue weighted by molar-refractivity contribution is 0.0925. The van der Waals surface area contributed by atoms with Crippen molar-refractivity contribution >= 4 is 11.5 Å². The van der Waals surface area contributed by atoms with Gasteiger partial charge < -0.3 is 14.0 Å². The van der Waals surface area contributed by atoms with Crippen molar-refractivity contribution in [3.8, 4) is 28.3 Å². The molecule has 6 rings (SSSR count). The third-order valence-corrected chi connectivity index (χ3v) is 7.13. The number of nitrogens with zero attached hydrogens (tertiary/aromatic N) is 4. The molecule has 188 valence electrons. The molecule has 4 aromatic rings. The molecule has 2 aromatic heterocycles. The van der Waals surface area contributed by atoms with Gasteiger partial charge in [-0.2, -0.15) is 0 Å². The highest BCUT2D eigenvalue weighted by atomic mass is 19.1. The van der Waals surface area contributed by atoms with E-state index >= 15 is 0 Å². The second-order valence-electron chi connectivity index (χ2n) is 9.59. The highest BCUT2D eigenvalue weighted by Crippen LogP contribution is 2.40. The lowest BCUT2D eigenvalue weighted by Gasteiger charge is -2.18. The molecule has 1 aliphatic heterocycles. The summed E-state index contributed by atoms with van der Waals surface area (Å²) in [5, 5.41) is 0. The van der Waals surface area contributed by atoms with E-state index in [1.54, 1.807) is 19.2 Å². The molecule has 0 bridgehead atoms. The van der Waals surface area contributed by atoms with Gasteiger partial charge in [-0.3, -0.25) is 0 Å². The van der Waals surface area contributed by atoms with E-state index in [0.717, 1.165) is 71.2 Å². The van der Waals surface area contributed by atoms with Crippen molar-refractivity contribution < 1.29 is 13.9 Å². The van der Waals surface area contributed by atoms with Crippen molar-refractivity contribution in [1.29, 1.82) is 0 Å². The number of rotatable bonds is 8. The summed E-state index contributed by atoms with van der Waals surface area (Å²) in [6, 6.07) is 18.7. The molecule has 0 saturated heterocycles. The molecule has 0 spiro atoms. The Labute approximate surface area is 215 Å². The Bertz CT molecular complexity index is 1420. The van der Waals surface area contributed by atoms with Gasteiger partial charge in [-0.1, -0.05) is 12.1 Å². The number of pyridine rings is 1. The van der Waals surface area contributed by atoms with Crippen LogP contribution in [0.25, 0.3) is 22.5 Å². The van der Waals surface area contributed by atoms with E-state index in [1.165, 1.54) is 24.3 Å². The van der Waals surface area contributed by atoms with Gasteiger partial charge in [-0.25, -0.2) is 19.4 Å². The number of benzene rings is 2. The van der Waals surface area contributed by atoms with Crippen LogP contribution in [0.1, 0.15) is 43.1 Å². The highest BCUT2D eigenvalue weighted by molar-refractivity contribution is 5.91. The van der Waals surface area contributed by atoms with Crippen LogP contribution in [-0.2, 0) is 17.8 Å². The van der Waals surface area contributed by atoms with Crippen molar-refractivity contribution in [1.82, 2.24) is 14.5 Å². The quantitative estimate of drug-likeness (QED) is 0.272. The number of methoxy groups -OCH3 is 1. The van der Waals surface area contributed by atoms with Crippen LogP contribution in [0.5, 0.6) is 5.75 Å². The normalized spacial score (nSPS) is 16.4. The highest BCUT2D eigenvalue weighted by Gasteiger charge is 2.30. The summed E-state index contributed by atoms with van der Waals surface area (Å²) in [5.74, 6) is 2.32. The van der Waals surface area contributed by atoms with E-state index in [1.807, 2.05) is 42.6 Å². The van der Waals surface area contributed by atoms with Gasteiger partial charge in [-0.05, 0) is 79.8 Å². The molecular weight excluding hydrogens is 467 g/mol. The van der Waals surface area contributed by atoms with Crippen LogP contribution in [0.4, 0.5) is 10.2 Å². The van der Waals surface area contributed by atoms with Crippen molar-refractivity contribution in [3.63, 3.8) is 0 Å². The molecule has 1 atom stereocenters. The SMILES string of the molecule is COc1ccc(COCC2CCc3nc(-c4ccc(F)cc4)c(-c4ccnc(N=C5CCC5)c4)n32)cc1. The first kappa shape index (κ1) is 23.6. The van der Waals surface area contributed by atoms with Crippen molar-refractivity contribution in [3.05, 3.63) is 84.1 Å². The Balaban J connectivity index is 1.32. The molecule has 0 amide bonds. The Morgan fingerprint density at radius 2 is 1.81 bits per heavy atom.